The van der Waals surface area contributed by atoms with Crippen molar-refractivity contribution in [1.82, 2.24) is 30.3 Å². The third-order valence-electron chi connectivity index (χ3n) is 5.73. The fraction of sp³-hybridized carbons (Fsp3) is 0.545. The van der Waals surface area contributed by atoms with E-state index in [1.807, 2.05) is 57.0 Å². The van der Waals surface area contributed by atoms with Crippen molar-refractivity contribution in [1.29, 1.82) is 0 Å². The molecule has 1 aliphatic carbocycles. The van der Waals surface area contributed by atoms with E-state index < -0.39 is 0 Å². The first kappa shape index (κ1) is 25.1. The molecule has 0 saturated heterocycles. The van der Waals surface area contributed by atoms with Gasteiger partial charge in [-0.3, -0.25) is 9.79 Å². The van der Waals surface area contributed by atoms with Gasteiger partial charge >= 0.3 is 0 Å². The Morgan fingerprint density at radius 2 is 1.94 bits per heavy atom. The van der Waals surface area contributed by atoms with Crippen molar-refractivity contribution >= 4 is 35.8 Å². The summed E-state index contributed by atoms with van der Waals surface area (Å²) in [6.07, 6.45) is 5.89. The van der Waals surface area contributed by atoms with Crippen molar-refractivity contribution in [3.8, 4) is 5.82 Å². The summed E-state index contributed by atoms with van der Waals surface area (Å²) in [7, 11) is 5.41. The van der Waals surface area contributed by atoms with Gasteiger partial charge in [0.25, 0.3) is 0 Å². The number of pyridine rings is 1. The maximum absolute atomic E-state index is 12.7. The highest BCUT2D eigenvalue weighted by Gasteiger charge is 2.42. The second-order valence-electron chi connectivity index (χ2n) is 8.33. The highest BCUT2D eigenvalue weighted by atomic mass is 127. The summed E-state index contributed by atoms with van der Waals surface area (Å²) in [5, 5.41) is 11.2. The topological polar surface area (TPSA) is 87.4 Å². The molecule has 0 bridgehead atoms. The van der Waals surface area contributed by atoms with E-state index in [2.05, 4.69) is 25.7 Å². The molecule has 1 aliphatic rings. The SMILES string of the molecule is CN=C(NCc1ccc(-n2nc(C)cc2C)nc1)NCC1(C(=O)N(C)C)CCCC1.I. The Balaban J connectivity index is 0.00000341. The molecule has 2 N–H and O–H groups in total. The molecule has 1 amide bonds. The zero-order chi connectivity index (χ0) is 21.7. The summed E-state index contributed by atoms with van der Waals surface area (Å²) in [5.74, 6) is 1.69. The number of nitrogens with zero attached hydrogens (tertiary/aromatic N) is 5. The molecule has 9 heteroatoms. The van der Waals surface area contributed by atoms with Crippen LogP contribution in [-0.4, -0.2) is 59.2 Å². The number of aromatic nitrogens is 3. The first-order chi connectivity index (χ1) is 14.3. The molecule has 1 saturated carbocycles. The lowest BCUT2D eigenvalue weighted by Gasteiger charge is -2.31. The minimum Gasteiger partial charge on any atom is -0.355 e. The average molecular weight is 539 g/mol. The highest BCUT2D eigenvalue weighted by molar-refractivity contribution is 14.0. The van der Waals surface area contributed by atoms with Gasteiger partial charge in [0, 0.05) is 46.1 Å². The van der Waals surface area contributed by atoms with Crippen molar-refractivity contribution in [3.05, 3.63) is 41.3 Å². The third-order valence-corrected chi connectivity index (χ3v) is 5.73. The maximum Gasteiger partial charge on any atom is 0.230 e. The lowest BCUT2D eigenvalue weighted by atomic mass is 9.84. The van der Waals surface area contributed by atoms with Gasteiger partial charge in [-0.25, -0.2) is 9.67 Å². The number of aryl methyl sites for hydroxylation is 2. The number of nitrogens with one attached hydrogen (secondary N) is 2. The molecule has 0 aromatic carbocycles. The molecule has 170 valence electrons. The average Bonchev–Trinajstić information content (AvgIpc) is 3.34. The normalized spacial score (nSPS) is 15.3. The van der Waals surface area contributed by atoms with Gasteiger partial charge in [-0.05, 0) is 44.4 Å². The van der Waals surface area contributed by atoms with Crippen LogP contribution in [0.5, 0.6) is 0 Å². The summed E-state index contributed by atoms with van der Waals surface area (Å²) >= 11 is 0. The standard InChI is InChI=1S/C22H33N7O.HI/c1-16-12-17(2)29(27-16)19-9-8-18(13-24-19)14-25-21(23-3)26-15-22(10-6-7-11-22)20(30)28(4)5;/h8-9,12-13H,6-7,10-11,14-15H2,1-5H3,(H2,23,25,26);1H. The summed E-state index contributed by atoms with van der Waals surface area (Å²) < 4.78 is 1.84. The Kier molecular flexibility index (Phi) is 8.84. The van der Waals surface area contributed by atoms with E-state index in [4.69, 9.17) is 0 Å². The fourth-order valence-electron chi connectivity index (χ4n) is 4.16. The van der Waals surface area contributed by atoms with Crippen LogP contribution in [0, 0.1) is 19.3 Å². The quantitative estimate of drug-likeness (QED) is 0.335. The van der Waals surface area contributed by atoms with Crippen LogP contribution in [0.3, 0.4) is 0 Å². The van der Waals surface area contributed by atoms with Crippen LogP contribution < -0.4 is 10.6 Å². The molecule has 2 aromatic rings. The molecule has 8 nitrogen and oxygen atoms in total. The summed E-state index contributed by atoms with van der Waals surface area (Å²) in [4.78, 5) is 23.3. The van der Waals surface area contributed by atoms with Gasteiger partial charge in [0.2, 0.25) is 5.91 Å². The van der Waals surface area contributed by atoms with E-state index in [9.17, 15) is 4.79 Å². The number of rotatable bonds is 6. The largest absolute Gasteiger partial charge is 0.355 e. The number of guanidine groups is 1. The summed E-state index contributed by atoms with van der Waals surface area (Å²) in [5.41, 5.74) is 2.75. The fourth-order valence-corrected chi connectivity index (χ4v) is 4.16. The Morgan fingerprint density at radius 1 is 1.23 bits per heavy atom. The van der Waals surface area contributed by atoms with Gasteiger partial charge in [-0.15, -0.1) is 24.0 Å². The first-order valence-electron chi connectivity index (χ1n) is 10.5. The molecule has 0 unspecified atom stereocenters. The molecule has 2 aromatic heterocycles. The van der Waals surface area contributed by atoms with E-state index in [1.165, 1.54) is 0 Å². The Bertz CT molecular complexity index is 899. The molecular formula is C22H34IN7O. The van der Waals surface area contributed by atoms with Crippen molar-refractivity contribution in [2.45, 2.75) is 46.1 Å². The number of hydrogen-bond donors (Lipinski definition) is 2. The number of amides is 1. The second kappa shape index (κ2) is 10.9. The molecule has 0 spiro atoms. The molecule has 2 heterocycles. The summed E-state index contributed by atoms with van der Waals surface area (Å²) in [6.45, 7) is 5.19. The van der Waals surface area contributed by atoms with E-state index in [1.54, 1.807) is 11.9 Å². The van der Waals surface area contributed by atoms with E-state index in [-0.39, 0.29) is 35.3 Å². The van der Waals surface area contributed by atoms with Crippen LogP contribution in [0.1, 0.15) is 42.6 Å². The van der Waals surface area contributed by atoms with Gasteiger partial charge in [-0.2, -0.15) is 5.10 Å². The van der Waals surface area contributed by atoms with Crippen molar-refractivity contribution in [2.75, 3.05) is 27.7 Å². The van der Waals surface area contributed by atoms with Crippen LogP contribution >= 0.6 is 24.0 Å². The predicted octanol–water partition coefficient (Wildman–Crippen LogP) is 2.82. The zero-order valence-corrected chi connectivity index (χ0v) is 21.4. The lowest BCUT2D eigenvalue weighted by molar-refractivity contribution is -0.138. The lowest BCUT2D eigenvalue weighted by Crippen LogP contribution is -2.49. The van der Waals surface area contributed by atoms with Gasteiger partial charge < -0.3 is 15.5 Å². The minimum atomic E-state index is -0.329. The monoisotopic (exact) mass is 539 g/mol. The Hall–Kier alpha value is -2.17. The number of aliphatic imine (C=N–C) groups is 1. The smallest absolute Gasteiger partial charge is 0.230 e. The van der Waals surface area contributed by atoms with Gasteiger partial charge in [0.1, 0.15) is 0 Å². The molecule has 0 atom stereocenters. The Morgan fingerprint density at radius 3 is 2.45 bits per heavy atom. The van der Waals surface area contributed by atoms with Gasteiger partial charge in [-0.1, -0.05) is 18.9 Å². The third kappa shape index (κ3) is 5.96. The molecule has 0 radical (unpaired) electrons. The van der Waals surface area contributed by atoms with Crippen molar-refractivity contribution in [3.63, 3.8) is 0 Å². The van der Waals surface area contributed by atoms with Gasteiger partial charge in [0.15, 0.2) is 11.8 Å². The Labute approximate surface area is 201 Å². The number of carbonyl (C=O) groups excluding carboxylic acids is 1. The molecule has 3 rings (SSSR count). The van der Waals surface area contributed by atoms with Crippen molar-refractivity contribution < 1.29 is 4.79 Å². The van der Waals surface area contributed by atoms with Crippen LogP contribution in [0.4, 0.5) is 0 Å². The van der Waals surface area contributed by atoms with Gasteiger partial charge in [0.05, 0.1) is 11.1 Å². The molecule has 1 fully saturated rings. The van der Waals surface area contributed by atoms with Crippen LogP contribution in [0.15, 0.2) is 29.4 Å². The molecular weight excluding hydrogens is 505 g/mol. The second-order valence-corrected chi connectivity index (χ2v) is 8.33. The van der Waals surface area contributed by atoms with Crippen LogP contribution in [-0.2, 0) is 11.3 Å². The first-order valence-corrected chi connectivity index (χ1v) is 10.5. The minimum absolute atomic E-state index is 0. The maximum atomic E-state index is 12.7. The van der Waals surface area contributed by atoms with E-state index >= 15 is 0 Å². The zero-order valence-electron chi connectivity index (χ0n) is 19.1. The number of hydrogen-bond acceptors (Lipinski definition) is 4. The van der Waals surface area contributed by atoms with E-state index in [0.29, 0.717) is 19.0 Å². The van der Waals surface area contributed by atoms with Crippen molar-refractivity contribution in [2.24, 2.45) is 10.4 Å². The summed E-state index contributed by atoms with van der Waals surface area (Å²) in [6, 6.07) is 6.04. The number of halogens is 1. The van der Waals surface area contributed by atoms with E-state index in [0.717, 1.165) is 48.5 Å². The molecule has 31 heavy (non-hydrogen) atoms. The predicted molar refractivity (Wildman–Crippen MR) is 134 cm³/mol. The van der Waals surface area contributed by atoms with Crippen LogP contribution in [0.2, 0.25) is 0 Å². The molecule has 0 aliphatic heterocycles. The number of carbonyl (C=O) groups is 1. The van der Waals surface area contributed by atoms with Crippen LogP contribution in [0.25, 0.3) is 5.82 Å². The highest BCUT2D eigenvalue weighted by Crippen LogP contribution is 2.38.